The molecule has 1 fully saturated rings. The largest absolute Gasteiger partial charge is 0.497 e. The van der Waals surface area contributed by atoms with Crippen LogP contribution in [0.1, 0.15) is 71.4 Å². The number of rotatable bonds is 6. The second-order valence-electron chi connectivity index (χ2n) is 9.21. The van der Waals surface area contributed by atoms with Gasteiger partial charge in [-0.15, -0.1) is 0 Å². The third-order valence-corrected chi connectivity index (χ3v) is 7.68. The maximum atomic E-state index is 12.8. The standard InChI is InChI=1S/C23H35NO5S/c1-6-28-22(25)16-9-7-15(8-10-16)20-14-19(24-30(26)23(2,3)4)18-12-11-17(27-5)13-21(18)29-20/h11-13,15-16,19-20,24H,6-10,14H2,1-5H3/t15?,16?,19-,20-,30-/m1/s1. The van der Waals surface area contributed by atoms with Gasteiger partial charge in [-0.05, 0) is 65.4 Å². The Morgan fingerprint density at radius 2 is 1.93 bits per heavy atom. The fourth-order valence-corrected chi connectivity index (χ4v) is 5.13. The number of carbonyl (C=O) groups is 1. The van der Waals surface area contributed by atoms with Crippen molar-refractivity contribution in [2.75, 3.05) is 13.7 Å². The van der Waals surface area contributed by atoms with E-state index in [9.17, 15) is 9.00 Å². The summed E-state index contributed by atoms with van der Waals surface area (Å²) in [6.07, 6.45) is 4.31. The first kappa shape index (κ1) is 23.1. The number of hydrogen-bond donors (Lipinski definition) is 1. The molecule has 0 spiro atoms. The van der Waals surface area contributed by atoms with Gasteiger partial charge in [0.05, 0.1) is 41.4 Å². The van der Waals surface area contributed by atoms with Crippen molar-refractivity contribution in [3.8, 4) is 11.5 Å². The highest BCUT2D eigenvalue weighted by atomic mass is 32.2. The molecule has 6 nitrogen and oxygen atoms in total. The van der Waals surface area contributed by atoms with Crippen molar-refractivity contribution >= 4 is 17.0 Å². The Morgan fingerprint density at radius 3 is 2.53 bits per heavy atom. The van der Waals surface area contributed by atoms with E-state index in [1.54, 1.807) is 7.11 Å². The Bertz CT molecular complexity index is 767. The Morgan fingerprint density at radius 1 is 1.23 bits per heavy atom. The molecule has 1 aliphatic heterocycles. The molecule has 0 aromatic heterocycles. The van der Waals surface area contributed by atoms with E-state index in [4.69, 9.17) is 14.2 Å². The highest BCUT2D eigenvalue weighted by Crippen LogP contribution is 2.43. The van der Waals surface area contributed by atoms with Gasteiger partial charge in [0, 0.05) is 18.1 Å². The number of methoxy groups -OCH3 is 1. The van der Waals surface area contributed by atoms with Crippen molar-refractivity contribution in [1.29, 1.82) is 0 Å². The van der Waals surface area contributed by atoms with Gasteiger partial charge in [-0.3, -0.25) is 4.79 Å². The molecule has 1 aromatic rings. The summed E-state index contributed by atoms with van der Waals surface area (Å²) in [4.78, 5) is 12.1. The van der Waals surface area contributed by atoms with Crippen LogP contribution in [0.5, 0.6) is 11.5 Å². The van der Waals surface area contributed by atoms with Crippen LogP contribution < -0.4 is 14.2 Å². The zero-order valence-corrected chi connectivity index (χ0v) is 19.6. The van der Waals surface area contributed by atoms with Gasteiger partial charge in [0.25, 0.3) is 0 Å². The van der Waals surface area contributed by atoms with Gasteiger partial charge in [-0.2, -0.15) is 0 Å². The molecular formula is C23H35NO5S. The third kappa shape index (κ3) is 5.35. The topological polar surface area (TPSA) is 73.9 Å². The molecule has 0 unspecified atom stereocenters. The van der Waals surface area contributed by atoms with Gasteiger partial charge in [0.15, 0.2) is 0 Å². The van der Waals surface area contributed by atoms with E-state index < -0.39 is 11.0 Å². The molecule has 1 N–H and O–H groups in total. The summed E-state index contributed by atoms with van der Waals surface area (Å²) in [5.74, 6) is 1.83. The van der Waals surface area contributed by atoms with Crippen molar-refractivity contribution in [3.05, 3.63) is 23.8 Å². The van der Waals surface area contributed by atoms with Crippen LogP contribution in [-0.2, 0) is 20.5 Å². The average molecular weight is 438 g/mol. The molecule has 3 atom stereocenters. The van der Waals surface area contributed by atoms with Crippen LogP contribution >= 0.6 is 0 Å². The first-order chi connectivity index (χ1) is 14.2. The summed E-state index contributed by atoms with van der Waals surface area (Å²) in [5, 5.41) is 0. The zero-order chi connectivity index (χ0) is 21.9. The molecule has 0 saturated heterocycles. The number of hydrogen-bond acceptors (Lipinski definition) is 5. The lowest BCUT2D eigenvalue weighted by Gasteiger charge is -2.39. The Kier molecular flexibility index (Phi) is 7.45. The molecular weight excluding hydrogens is 402 g/mol. The maximum absolute atomic E-state index is 12.8. The number of fused-ring (bicyclic) bond motifs is 1. The van der Waals surface area contributed by atoms with E-state index in [-0.39, 0.29) is 28.8 Å². The van der Waals surface area contributed by atoms with Crippen molar-refractivity contribution < 1.29 is 23.2 Å². The lowest BCUT2D eigenvalue weighted by molar-refractivity contribution is -0.149. The van der Waals surface area contributed by atoms with Gasteiger partial charge in [0.2, 0.25) is 0 Å². The number of ether oxygens (including phenoxy) is 3. The Hall–Kier alpha value is -1.60. The Labute approximate surface area is 182 Å². The van der Waals surface area contributed by atoms with Crippen LogP contribution in [0.25, 0.3) is 0 Å². The summed E-state index contributed by atoms with van der Waals surface area (Å²) in [6.45, 7) is 8.19. The Balaban J connectivity index is 1.75. The quantitative estimate of drug-likeness (QED) is 0.672. The summed E-state index contributed by atoms with van der Waals surface area (Å²) < 4.78 is 32.8. The molecule has 0 radical (unpaired) electrons. The molecule has 2 aliphatic rings. The monoisotopic (exact) mass is 437 g/mol. The summed E-state index contributed by atoms with van der Waals surface area (Å²) in [6, 6.07) is 5.79. The summed E-state index contributed by atoms with van der Waals surface area (Å²) >= 11 is 0. The fourth-order valence-electron chi connectivity index (χ4n) is 4.30. The van der Waals surface area contributed by atoms with Crippen molar-refractivity contribution in [2.45, 2.75) is 76.7 Å². The second kappa shape index (κ2) is 9.69. The van der Waals surface area contributed by atoms with Gasteiger partial charge in [0.1, 0.15) is 17.6 Å². The van der Waals surface area contributed by atoms with Crippen LogP contribution in [0.3, 0.4) is 0 Å². The highest BCUT2D eigenvalue weighted by molar-refractivity contribution is 7.84. The van der Waals surface area contributed by atoms with Crippen LogP contribution in [0.2, 0.25) is 0 Å². The molecule has 1 aromatic carbocycles. The minimum Gasteiger partial charge on any atom is -0.497 e. The van der Waals surface area contributed by atoms with E-state index in [0.717, 1.165) is 49.2 Å². The van der Waals surface area contributed by atoms with E-state index in [1.165, 1.54) is 0 Å². The molecule has 1 aliphatic carbocycles. The second-order valence-corrected chi connectivity index (χ2v) is 11.2. The van der Waals surface area contributed by atoms with Crippen LogP contribution in [0.15, 0.2) is 18.2 Å². The minimum absolute atomic E-state index is 0.000475. The van der Waals surface area contributed by atoms with Crippen molar-refractivity contribution in [1.82, 2.24) is 4.72 Å². The van der Waals surface area contributed by atoms with Crippen LogP contribution in [0.4, 0.5) is 0 Å². The lowest BCUT2D eigenvalue weighted by Crippen LogP contribution is -2.42. The first-order valence-electron chi connectivity index (χ1n) is 10.9. The molecule has 0 amide bonds. The lowest BCUT2D eigenvalue weighted by atomic mass is 9.77. The third-order valence-electron chi connectivity index (χ3n) is 6.07. The molecule has 3 rings (SSSR count). The predicted molar refractivity (Wildman–Crippen MR) is 118 cm³/mol. The average Bonchev–Trinajstić information content (AvgIpc) is 2.72. The zero-order valence-electron chi connectivity index (χ0n) is 18.7. The summed E-state index contributed by atoms with van der Waals surface area (Å²) in [5.41, 5.74) is 1.02. The summed E-state index contributed by atoms with van der Waals surface area (Å²) in [7, 11) is 0.460. The first-order valence-corrected chi connectivity index (χ1v) is 12.1. The normalized spacial score (nSPS) is 27.5. The molecule has 1 saturated carbocycles. The van der Waals surface area contributed by atoms with Gasteiger partial charge >= 0.3 is 5.97 Å². The van der Waals surface area contributed by atoms with Gasteiger partial charge < -0.3 is 14.2 Å². The van der Waals surface area contributed by atoms with Crippen molar-refractivity contribution in [2.24, 2.45) is 11.8 Å². The van der Waals surface area contributed by atoms with E-state index in [0.29, 0.717) is 12.5 Å². The maximum Gasteiger partial charge on any atom is 0.308 e. The molecule has 168 valence electrons. The minimum atomic E-state index is -1.18. The SMILES string of the molecule is CCOC(=O)C1CCC([C@H]2C[C@@H](N[S@](=O)C(C)(C)C)c3ccc(OC)cc3O2)CC1. The van der Waals surface area contributed by atoms with Crippen LogP contribution in [-0.4, -0.2) is 34.7 Å². The van der Waals surface area contributed by atoms with E-state index in [1.807, 2.05) is 45.9 Å². The molecule has 1 heterocycles. The predicted octanol–water partition coefficient (Wildman–Crippen LogP) is 4.31. The van der Waals surface area contributed by atoms with E-state index >= 15 is 0 Å². The highest BCUT2D eigenvalue weighted by Gasteiger charge is 2.38. The number of esters is 1. The fraction of sp³-hybridized carbons (Fsp3) is 0.696. The smallest absolute Gasteiger partial charge is 0.308 e. The molecule has 0 bridgehead atoms. The number of carbonyl (C=O) groups excluding carboxylic acids is 1. The van der Waals surface area contributed by atoms with Crippen LogP contribution in [0, 0.1) is 11.8 Å². The molecule has 30 heavy (non-hydrogen) atoms. The van der Waals surface area contributed by atoms with Gasteiger partial charge in [-0.1, -0.05) is 6.07 Å². The van der Waals surface area contributed by atoms with Gasteiger partial charge in [-0.25, -0.2) is 8.93 Å². The molecule has 7 heteroatoms. The van der Waals surface area contributed by atoms with Crippen molar-refractivity contribution in [3.63, 3.8) is 0 Å². The van der Waals surface area contributed by atoms with E-state index in [2.05, 4.69) is 4.72 Å². The number of benzene rings is 1. The number of nitrogens with one attached hydrogen (secondary N) is 1.